The molecule has 0 aliphatic carbocycles. The topological polar surface area (TPSA) is 34.9 Å². The summed E-state index contributed by atoms with van der Waals surface area (Å²) >= 11 is 5.55. The van der Waals surface area contributed by atoms with Crippen molar-refractivity contribution in [1.82, 2.24) is 9.78 Å². The third-order valence-electron chi connectivity index (χ3n) is 2.47. The number of para-hydroxylation sites is 1. The number of halogens is 1. The van der Waals surface area contributed by atoms with Gasteiger partial charge in [-0.05, 0) is 23.1 Å². The summed E-state index contributed by atoms with van der Waals surface area (Å²) in [6.45, 7) is 7.14. The first-order valence-electron chi connectivity index (χ1n) is 5.54. The summed E-state index contributed by atoms with van der Waals surface area (Å²) in [5, 5.41) is 4.62. The number of aromatic nitrogens is 2. The Morgan fingerprint density at radius 1 is 1.35 bits per heavy atom. The average Bonchev–Trinajstić information content (AvgIpc) is 2.55. The number of fused-ring (bicyclic) bond motifs is 1. The second-order valence-corrected chi connectivity index (χ2v) is 5.70. The van der Waals surface area contributed by atoms with Crippen molar-refractivity contribution < 1.29 is 4.79 Å². The molecule has 17 heavy (non-hydrogen) atoms. The maximum atomic E-state index is 11.3. The number of carbonyl (C=O) groups excluding carboxylic acids is 1. The molecule has 0 fully saturated rings. The lowest BCUT2D eigenvalue weighted by atomic mass is 9.97. The molecular weight excluding hydrogens is 236 g/mol. The molecule has 1 aromatic carbocycles. The Bertz CT molecular complexity index is 566. The molecule has 1 heterocycles. The molecule has 0 radical (unpaired) electrons. The fraction of sp³-hybridized carbons (Fsp3) is 0.385. The van der Waals surface area contributed by atoms with Crippen molar-refractivity contribution in [2.75, 3.05) is 0 Å². The molecule has 0 bridgehead atoms. The molecule has 0 N–H and O–H groups in total. The SMILES string of the molecule is CC(C)(C)Cn1nc(C(=O)Cl)c2ccccc21. The van der Waals surface area contributed by atoms with Gasteiger partial charge in [0, 0.05) is 11.9 Å². The van der Waals surface area contributed by atoms with E-state index in [1.807, 2.05) is 28.9 Å². The molecule has 0 unspecified atom stereocenters. The quantitative estimate of drug-likeness (QED) is 0.765. The lowest BCUT2D eigenvalue weighted by Gasteiger charge is -2.18. The van der Waals surface area contributed by atoms with E-state index in [-0.39, 0.29) is 5.41 Å². The van der Waals surface area contributed by atoms with Gasteiger partial charge in [-0.25, -0.2) is 0 Å². The van der Waals surface area contributed by atoms with E-state index in [0.29, 0.717) is 5.69 Å². The van der Waals surface area contributed by atoms with Crippen molar-refractivity contribution in [3.8, 4) is 0 Å². The van der Waals surface area contributed by atoms with Crippen LogP contribution >= 0.6 is 11.6 Å². The highest BCUT2D eigenvalue weighted by Crippen LogP contribution is 2.24. The zero-order valence-corrected chi connectivity index (χ0v) is 11.0. The van der Waals surface area contributed by atoms with Crippen LogP contribution in [0, 0.1) is 5.41 Å². The molecule has 0 amide bonds. The smallest absolute Gasteiger partial charge is 0.273 e. The van der Waals surface area contributed by atoms with E-state index < -0.39 is 5.24 Å². The minimum absolute atomic E-state index is 0.0986. The first kappa shape index (κ1) is 12.1. The van der Waals surface area contributed by atoms with Crippen LogP contribution in [0.1, 0.15) is 31.3 Å². The number of nitrogens with zero attached hydrogens (tertiary/aromatic N) is 2. The van der Waals surface area contributed by atoms with Gasteiger partial charge in [0.1, 0.15) is 0 Å². The Labute approximate surface area is 105 Å². The van der Waals surface area contributed by atoms with Crippen LogP contribution in [0.5, 0.6) is 0 Å². The van der Waals surface area contributed by atoms with Gasteiger partial charge in [-0.15, -0.1) is 0 Å². The monoisotopic (exact) mass is 250 g/mol. The van der Waals surface area contributed by atoms with Gasteiger partial charge in [0.2, 0.25) is 0 Å². The van der Waals surface area contributed by atoms with Crippen LogP contribution in [-0.2, 0) is 6.54 Å². The van der Waals surface area contributed by atoms with Gasteiger partial charge in [0.05, 0.1) is 5.52 Å². The Balaban J connectivity index is 2.61. The Morgan fingerprint density at radius 3 is 2.59 bits per heavy atom. The van der Waals surface area contributed by atoms with Gasteiger partial charge < -0.3 is 0 Å². The summed E-state index contributed by atoms with van der Waals surface area (Å²) in [4.78, 5) is 11.3. The van der Waals surface area contributed by atoms with E-state index in [4.69, 9.17) is 11.6 Å². The number of rotatable bonds is 2. The standard InChI is InChI=1S/C13H15ClN2O/c1-13(2,3)8-16-10-7-5-4-6-9(10)11(15-16)12(14)17/h4-7H,8H2,1-3H3. The second-order valence-electron chi connectivity index (χ2n) is 5.36. The van der Waals surface area contributed by atoms with E-state index >= 15 is 0 Å². The highest BCUT2D eigenvalue weighted by atomic mass is 35.5. The van der Waals surface area contributed by atoms with Crippen LogP contribution < -0.4 is 0 Å². The molecule has 4 heteroatoms. The summed E-state index contributed by atoms with van der Waals surface area (Å²) in [7, 11) is 0. The third kappa shape index (κ3) is 2.50. The molecule has 90 valence electrons. The van der Waals surface area contributed by atoms with Gasteiger partial charge >= 0.3 is 0 Å². The predicted molar refractivity (Wildman–Crippen MR) is 69.4 cm³/mol. The average molecular weight is 251 g/mol. The van der Waals surface area contributed by atoms with E-state index in [0.717, 1.165) is 17.4 Å². The van der Waals surface area contributed by atoms with Gasteiger partial charge in [-0.1, -0.05) is 39.0 Å². The molecule has 1 aromatic heterocycles. The fourth-order valence-electron chi connectivity index (χ4n) is 1.84. The van der Waals surface area contributed by atoms with Crippen LogP contribution in [0.3, 0.4) is 0 Å². The third-order valence-corrected chi connectivity index (χ3v) is 2.65. The molecule has 0 atom stereocenters. The number of hydrogen-bond donors (Lipinski definition) is 0. The Hall–Kier alpha value is -1.35. The second kappa shape index (κ2) is 4.15. The molecule has 0 saturated carbocycles. The Morgan fingerprint density at radius 2 is 2.00 bits per heavy atom. The van der Waals surface area contributed by atoms with Gasteiger partial charge in [-0.2, -0.15) is 5.10 Å². The van der Waals surface area contributed by atoms with Crippen LogP contribution in [-0.4, -0.2) is 15.0 Å². The van der Waals surface area contributed by atoms with Crippen LogP contribution in [0.15, 0.2) is 24.3 Å². The van der Waals surface area contributed by atoms with Crippen molar-refractivity contribution in [3.63, 3.8) is 0 Å². The van der Waals surface area contributed by atoms with E-state index in [9.17, 15) is 4.79 Å². The molecule has 2 aromatic rings. The lowest BCUT2D eigenvalue weighted by molar-refractivity contribution is 0.107. The van der Waals surface area contributed by atoms with E-state index in [1.54, 1.807) is 0 Å². The first-order chi connectivity index (χ1) is 7.88. The zero-order chi connectivity index (χ0) is 12.6. The maximum Gasteiger partial charge on any atom is 0.273 e. The molecule has 2 rings (SSSR count). The van der Waals surface area contributed by atoms with Crippen LogP contribution in [0.4, 0.5) is 0 Å². The number of hydrogen-bond acceptors (Lipinski definition) is 2. The fourth-order valence-corrected chi connectivity index (χ4v) is 1.98. The van der Waals surface area contributed by atoms with Crippen LogP contribution in [0.2, 0.25) is 0 Å². The Kier molecular flexibility index (Phi) is 2.96. The predicted octanol–water partition coefficient (Wildman–Crippen LogP) is 3.46. The van der Waals surface area contributed by atoms with Gasteiger partial charge in [-0.3, -0.25) is 9.48 Å². The normalized spacial score (nSPS) is 12.0. The highest BCUT2D eigenvalue weighted by Gasteiger charge is 2.18. The molecule has 0 spiro atoms. The summed E-state index contributed by atoms with van der Waals surface area (Å²) < 4.78 is 1.85. The maximum absolute atomic E-state index is 11.3. The summed E-state index contributed by atoms with van der Waals surface area (Å²) in [5.74, 6) is 0. The minimum atomic E-state index is -0.506. The van der Waals surface area contributed by atoms with Crippen molar-refractivity contribution in [1.29, 1.82) is 0 Å². The van der Waals surface area contributed by atoms with E-state index in [2.05, 4.69) is 25.9 Å². The minimum Gasteiger partial charge on any atom is -0.274 e. The van der Waals surface area contributed by atoms with E-state index in [1.165, 1.54) is 0 Å². The molecular formula is C13H15ClN2O. The van der Waals surface area contributed by atoms with Crippen LogP contribution in [0.25, 0.3) is 10.9 Å². The lowest BCUT2D eigenvalue weighted by Crippen LogP contribution is -2.16. The van der Waals surface area contributed by atoms with Gasteiger partial charge in [0.25, 0.3) is 5.24 Å². The van der Waals surface area contributed by atoms with Crippen molar-refractivity contribution in [2.45, 2.75) is 27.3 Å². The largest absolute Gasteiger partial charge is 0.274 e. The van der Waals surface area contributed by atoms with Crippen molar-refractivity contribution in [2.24, 2.45) is 5.41 Å². The zero-order valence-electron chi connectivity index (χ0n) is 10.2. The summed E-state index contributed by atoms with van der Waals surface area (Å²) in [5.41, 5.74) is 1.39. The number of carbonyl (C=O) groups is 1. The van der Waals surface area contributed by atoms with Crippen molar-refractivity contribution in [3.05, 3.63) is 30.0 Å². The molecule has 0 aliphatic heterocycles. The molecule has 3 nitrogen and oxygen atoms in total. The summed E-state index contributed by atoms with van der Waals surface area (Å²) in [6, 6.07) is 7.65. The first-order valence-corrected chi connectivity index (χ1v) is 5.92. The summed E-state index contributed by atoms with van der Waals surface area (Å²) in [6.07, 6.45) is 0. The number of benzene rings is 1. The molecule has 0 aliphatic rings. The molecule has 0 saturated heterocycles. The van der Waals surface area contributed by atoms with Crippen molar-refractivity contribution >= 4 is 27.7 Å². The highest BCUT2D eigenvalue weighted by molar-refractivity contribution is 6.68. The van der Waals surface area contributed by atoms with Gasteiger partial charge in [0.15, 0.2) is 5.69 Å².